The summed E-state index contributed by atoms with van der Waals surface area (Å²) in [6.45, 7) is 13.8. The number of aromatic nitrogens is 1. The third kappa shape index (κ3) is 4.13. The molecule has 1 aliphatic rings. The van der Waals surface area contributed by atoms with Crippen LogP contribution in [0.5, 0.6) is 5.75 Å². The fourth-order valence-electron chi connectivity index (χ4n) is 4.95. The minimum atomic E-state index is -0.786. The van der Waals surface area contributed by atoms with Gasteiger partial charge in [-0.2, -0.15) is 0 Å². The number of para-hydroxylation sites is 1. The highest BCUT2D eigenvalue weighted by Gasteiger charge is 2.37. The van der Waals surface area contributed by atoms with E-state index in [9.17, 15) is 4.79 Å². The van der Waals surface area contributed by atoms with Crippen molar-refractivity contribution in [3.05, 3.63) is 103 Å². The number of carbonyl (C=O) groups is 1. The molecular weight excluding hydrogens is 408 g/mol. The van der Waals surface area contributed by atoms with Crippen molar-refractivity contribution in [2.75, 3.05) is 20.2 Å². The molecule has 0 unspecified atom stereocenters. The Balaban J connectivity index is 1.83. The van der Waals surface area contributed by atoms with E-state index in [-0.39, 0.29) is 5.91 Å². The van der Waals surface area contributed by atoms with Crippen LogP contribution in [0.3, 0.4) is 0 Å². The Morgan fingerprint density at radius 3 is 2.42 bits per heavy atom. The first-order chi connectivity index (χ1) is 16.1. The maximum Gasteiger partial charge on any atom is 0.236 e. The van der Waals surface area contributed by atoms with Gasteiger partial charge in [-0.05, 0) is 48.6 Å². The largest absolute Gasteiger partial charge is 0.497 e. The molecule has 0 bridgehead atoms. The smallest absolute Gasteiger partial charge is 0.236 e. The lowest BCUT2D eigenvalue weighted by molar-refractivity contribution is -0.136. The topological polar surface area (TPSA) is 34.5 Å². The van der Waals surface area contributed by atoms with Crippen LogP contribution >= 0.6 is 0 Å². The minimum Gasteiger partial charge on any atom is -0.497 e. The van der Waals surface area contributed by atoms with Crippen LogP contribution in [0, 0.1) is 5.41 Å². The Hall–Kier alpha value is -3.53. The van der Waals surface area contributed by atoms with Crippen LogP contribution in [0.1, 0.15) is 23.2 Å². The van der Waals surface area contributed by atoms with E-state index in [0.717, 1.165) is 25.1 Å². The van der Waals surface area contributed by atoms with E-state index in [1.807, 2.05) is 17.0 Å². The lowest BCUT2D eigenvalue weighted by atomic mass is 9.81. The van der Waals surface area contributed by atoms with Crippen molar-refractivity contribution >= 4 is 16.8 Å². The number of methoxy groups -OCH3 is 1. The molecule has 0 fully saturated rings. The highest BCUT2D eigenvalue weighted by Crippen LogP contribution is 2.36. The first kappa shape index (κ1) is 22.7. The summed E-state index contributed by atoms with van der Waals surface area (Å²) in [5, 5.41) is 1.26. The summed E-state index contributed by atoms with van der Waals surface area (Å²) in [7, 11) is 1.68. The normalized spacial score (nSPS) is 15.8. The van der Waals surface area contributed by atoms with Crippen molar-refractivity contribution in [1.29, 1.82) is 0 Å². The van der Waals surface area contributed by atoms with Gasteiger partial charge in [0.1, 0.15) is 5.75 Å². The Labute approximate surface area is 196 Å². The first-order valence-corrected chi connectivity index (χ1v) is 11.5. The highest BCUT2D eigenvalue weighted by atomic mass is 16.5. The molecule has 2 aromatic carbocycles. The van der Waals surface area contributed by atoms with Crippen molar-refractivity contribution in [1.82, 2.24) is 9.47 Å². The average Bonchev–Trinajstić information content (AvgIpc) is 3.17. The van der Waals surface area contributed by atoms with Gasteiger partial charge in [-0.1, -0.05) is 48.6 Å². The van der Waals surface area contributed by atoms with Crippen LogP contribution in [0.15, 0.2) is 86.5 Å². The van der Waals surface area contributed by atoms with Gasteiger partial charge in [-0.3, -0.25) is 4.79 Å². The molecule has 1 amide bonds. The van der Waals surface area contributed by atoms with E-state index >= 15 is 0 Å². The summed E-state index contributed by atoms with van der Waals surface area (Å²) in [5.74, 6) is 0.911. The summed E-state index contributed by atoms with van der Waals surface area (Å²) < 4.78 is 7.74. The molecule has 4 heteroatoms. The molecule has 0 aliphatic carbocycles. The molecule has 3 aromatic rings. The average molecular weight is 441 g/mol. The second-order valence-corrected chi connectivity index (χ2v) is 8.62. The molecule has 0 N–H and O–H groups in total. The Morgan fingerprint density at radius 1 is 1.03 bits per heavy atom. The number of amides is 1. The monoisotopic (exact) mass is 440 g/mol. The van der Waals surface area contributed by atoms with E-state index in [1.165, 1.54) is 27.7 Å². The summed E-state index contributed by atoms with van der Waals surface area (Å²) >= 11 is 0. The van der Waals surface area contributed by atoms with Crippen molar-refractivity contribution in [2.24, 2.45) is 5.41 Å². The number of ether oxygens (including phenoxy) is 1. The first-order valence-electron chi connectivity index (χ1n) is 11.5. The summed E-state index contributed by atoms with van der Waals surface area (Å²) in [6, 6.07) is 16.8. The number of benzene rings is 2. The number of carbonyl (C=O) groups excluding carboxylic acids is 1. The van der Waals surface area contributed by atoms with Gasteiger partial charge in [-0.15, -0.1) is 19.7 Å². The van der Waals surface area contributed by atoms with Gasteiger partial charge in [0.05, 0.1) is 12.5 Å². The van der Waals surface area contributed by atoms with Crippen LogP contribution in [-0.4, -0.2) is 35.6 Å². The van der Waals surface area contributed by atoms with Crippen LogP contribution in [0.2, 0.25) is 0 Å². The van der Waals surface area contributed by atoms with Crippen molar-refractivity contribution in [3.63, 3.8) is 0 Å². The molecule has 33 heavy (non-hydrogen) atoms. The van der Waals surface area contributed by atoms with Gasteiger partial charge in [0.15, 0.2) is 0 Å². The van der Waals surface area contributed by atoms with Crippen LogP contribution in [0.25, 0.3) is 10.9 Å². The maximum atomic E-state index is 13.5. The summed E-state index contributed by atoms with van der Waals surface area (Å²) in [5.41, 5.74) is 4.26. The lowest BCUT2D eigenvalue weighted by Crippen LogP contribution is -2.43. The summed E-state index contributed by atoms with van der Waals surface area (Å²) in [4.78, 5) is 15.4. The third-order valence-electron chi connectivity index (χ3n) is 6.86. The van der Waals surface area contributed by atoms with Gasteiger partial charge >= 0.3 is 0 Å². The number of fused-ring (bicyclic) bond motifs is 3. The number of nitrogens with zero attached hydrogens (tertiary/aromatic N) is 2. The molecule has 4 rings (SSSR count). The van der Waals surface area contributed by atoms with Crippen LogP contribution in [0.4, 0.5) is 0 Å². The van der Waals surface area contributed by atoms with Crippen molar-refractivity contribution in [2.45, 2.75) is 25.8 Å². The Morgan fingerprint density at radius 2 is 1.76 bits per heavy atom. The lowest BCUT2D eigenvalue weighted by Gasteiger charge is -2.32. The standard InChI is InChI=1S/C29H32N2O2/c1-5-19-30-20-17-25-24-10-8-9-11-26(24)31(21-22-12-14-23(33-4)15-13-22)27(25)16-18-29(6-2,7-3)28(30)32/h5-15H,1-3,16-21H2,4H3. The maximum absolute atomic E-state index is 13.5. The molecule has 0 saturated carbocycles. The van der Waals surface area contributed by atoms with Gasteiger partial charge in [0.25, 0.3) is 0 Å². The predicted octanol–water partition coefficient (Wildman–Crippen LogP) is 5.56. The molecule has 1 aromatic heterocycles. The van der Waals surface area contributed by atoms with Crippen LogP contribution in [-0.2, 0) is 24.2 Å². The van der Waals surface area contributed by atoms with E-state index in [2.05, 4.69) is 60.7 Å². The fraction of sp³-hybridized carbons (Fsp3) is 0.276. The highest BCUT2D eigenvalue weighted by molar-refractivity contribution is 5.88. The fourth-order valence-corrected chi connectivity index (χ4v) is 4.95. The van der Waals surface area contributed by atoms with Crippen molar-refractivity contribution < 1.29 is 9.53 Å². The third-order valence-corrected chi connectivity index (χ3v) is 6.86. The molecule has 0 spiro atoms. The van der Waals surface area contributed by atoms with E-state index in [0.29, 0.717) is 19.5 Å². The second-order valence-electron chi connectivity index (χ2n) is 8.62. The SMILES string of the molecule is C=CCN1CCc2c(n(Cc3ccc(OC)cc3)c3ccccc23)CCC(C=C)(C=C)C1=O. The van der Waals surface area contributed by atoms with Crippen LogP contribution < -0.4 is 4.74 Å². The molecular formula is C29H32N2O2. The zero-order valence-corrected chi connectivity index (χ0v) is 19.4. The molecule has 4 nitrogen and oxygen atoms in total. The summed E-state index contributed by atoms with van der Waals surface area (Å²) in [6.07, 6.45) is 7.53. The van der Waals surface area contributed by atoms with Gasteiger partial charge < -0.3 is 14.2 Å². The molecule has 0 atom stereocenters. The second kappa shape index (κ2) is 9.53. The number of hydrogen-bond acceptors (Lipinski definition) is 2. The number of hydrogen-bond donors (Lipinski definition) is 0. The van der Waals surface area contributed by atoms with E-state index < -0.39 is 5.41 Å². The quantitative estimate of drug-likeness (QED) is 0.451. The Kier molecular flexibility index (Phi) is 6.55. The van der Waals surface area contributed by atoms with E-state index in [4.69, 9.17) is 4.74 Å². The molecule has 0 saturated heterocycles. The van der Waals surface area contributed by atoms with Crippen molar-refractivity contribution in [3.8, 4) is 5.75 Å². The number of rotatable bonds is 7. The molecule has 170 valence electrons. The van der Waals surface area contributed by atoms with E-state index in [1.54, 1.807) is 25.3 Å². The molecule has 0 radical (unpaired) electrons. The zero-order chi connectivity index (χ0) is 23.4. The molecule has 2 heterocycles. The van der Waals surface area contributed by atoms with Gasteiger partial charge in [0, 0.05) is 36.2 Å². The Bertz CT molecular complexity index is 1180. The zero-order valence-electron chi connectivity index (χ0n) is 19.4. The van der Waals surface area contributed by atoms with Gasteiger partial charge in [-0.25, -0.2) is 0 Å². The predicted molar refractivity (Wildman–Crippen MR) is 136 cm³/mol. The van der Waals surface area contributed by atoms with Gasteiger partial charge in [0.2, 0.25) is 5.91 Å². The molecule has 1 aliphatic heterocycles. The minimum absolute atomic E-state index is 0.0589.